The molecule has 0 unspecified atom stereocenters. The Hall–Kier alpha value is -1.76. The van der Waals surface area contributed by atoms with Crippen molar-refractivity contribution in [2.75, 3.05) is 20.3 Å². The Labute approximate surface area is 181 Å². The highest BCUT2D eigenvalue weighted by molar-refractivity contribution is 6.99. The van der Waals surface area contributed by atoms with E-state index in [9.17, 15) is 5.11 Å². The van der Waals surface area contributed by atoms with Crippen molar-refractivity contribution >= 4 is 18.7 Å². The molecular weight excluding hydrogens is 392 g/mol. The average Bonchev–Trinajstić information content (AvgIpc) is 3.04. The second-order valence-electron chi connectivity index (χ2n) is 9.04. The van der Waals surface area contributed by atoms with Gasteiger partial charge in [-0.25, -0.2) is 0 Å². The van der Waals surface area contributed by atoms with Crippen LogP contribution < -0.4 is 10.4 Å². The zero-order valence-electron chi connectivity index (χ0n) is 18.5. The van der Waals surface area contributed by atoms with Gasteiger partial charge in [0.25, 0.3) is 8.32 Å². The third-order valence-corrected chi connectivity index (χ3v) is 11.1. The van der Waals surface area contributed by atoms with Gasteiger partial charge in [0.05, 0.1) is 13.2 Å². The highest BCUT2D eigenvalue weighted by Gasteiger charge is 2.55. The van der Waals surface area contributed by atoms with Gasteiger partial charge in [-0.1, -0.05) is 87.5 Å². The Morgan fingerprint density at radius 3 is 2.07 bits per heavy atom. The highest BCUT2D eigenvalue weighted by Crippen LogP contribution is 2.40. The molecule has 30 heavy (non-hydrogen) atoms. The van der Waals surface area contributed by atoms with Crippen LogP contribution in [0.1, 0.15) is 27.2 Å². The van der Waals surface area contributed by atoms with Crippen LogP contribution in [0.4, 0.5) is 0 Å². The molecule has 4 nitrogen and oxygen atoms in total. The Morgan fingerprint density at radius 1 is 1.10 bits per heavy atom. The summed E-state index contributed by atoms with van der Waals surface area (Å²) in [7, 11) is -1.09. The molecule has 3 atom stereocenters. The van der Waals surface area contributed by atoms with Crippen LogP contribution in [0.3, 0.4) is 0 Å². The fraction of sp³-hybridized carbons (Fsp3) is 0.440. The SMILES string of the molecule is C=CC[C@]1(CO[Si](c2ccccc2)(c2ccccc2)C(C)(C)C)OC[C@H](O)[C@@H]1OC. The summed E-state index contributed by atoms with van der Waals surface area (Å²) >= 11 is 0. The lowest BCUT2D eigenvalue weighted by molar-refractivity contribution is -0.103. The van der Waals surface area contributed by atoms with Gasteiger partial charge in [-0.3, -0.25) is 0 Å². The summed E-state index contributed by atoms with van der Waals surface area (Å²) in [5, 5.41) is 12.7. The van der Waals surface area contributed by atoms with Crippen LogP contribution in [-0.2, 0) is 13.9 Å². The third kappa shape index (κ3) is 4.05. The number of aliphatic hydroxyl groups is 1. The van der Waals surface area contributed by atoms with E-state index in [-0.39, 0.29) is 11.6 Å². The summed E-state index contributed by atoms with van der Waals surface area (Å²) in [4.78, 5) is 0. The van der Waals surface area contributed by atoms with Crippen molar-refractivity contribution in [3.05, 3.63) is 73.3 Å². The van der Waals surface area contributed by atoms with Gasteiger partial charge in [-0.15, -0.1) is 6.58 Å². The molecule has 1 heterocycles. The van der Waals surface area contributed by atoms with Gasteiger partial charge in [0.15, 0.2) is 0 Å². The van der Waals surface area contributed by atoms with Gasteiger partial charge in [0.1, 0.15) is 17.8 Å². The molecule has 0 spiro atoms. The molecule has 5 heteroatoms. The molecule has 0 aromatic heterocycles. The molecule has 1 aliphatic rings. The van der Waals surface area contributed by atoms with Gasteiger partial charge in [0.2, 0.25) is 0 Å². The molecule has 2 aromatic carbocycles. The summed E-state index contributed by atoms with van der Waals surface area (Å²) in [6.45, 7) is 11.2. The van der Waals surface area contributed by atoms with Crippen molar-refractivity contribution in [1.82, 2.24) is 0 Å². The Kier molecular flexibility index (Phi) is 7.00. The predicted octanol–water partition coefficient (Wildman–Crippen LogP) is 3.28. The van der Waals surface area contributed by atoms with Crippen LogP contribution in [0, 0.1) is 0 Å². The quantitative estimate of drug-likeness (QED) is 0.520. The molecule has 0 bridgehead atoms. The minimum Gasteiger partial charge on any atom is -0.404 e. The maximum absolute atomic E-state index is 10.4. The van der Waals surface area contributed by atoms with Crippen molar-refractivity contribution in [1.29, 1.82) is 0 Å². The monoisotopic (exact) mass is 426 g/mol. The molecular formula is C25H34O4Si. The zero-order chi connectivity index (χ0) is 21.8. The van der Waals surface area contributed by atoms with Crippen molar-refractivity contribution < 1.29 is 19.0 Å². The number of aliphatic hydroxyl groups excluding tert-OH is 1. The van der Waals surface area contributed by atoms with Crippen LogP contribution in [-0.4, -0.2) is 51.6 Å². The highest BCUT2D eigenvalue weighted by atomic mass is 28.4. The molecule has 0 saturated carbocycles. The van der Waals surface area contributed by atoms with Crippen molar-refractivity contribution in [2.45, 2.75) is 50.0 Å². The van der Waals surface area contributed by atoms with E-state index < -0.39 is 26.1 Å². The first-order valence-corrected chi connectivity index (χ1v) is 12.4. The molecule has 1 N–H and O–H groups in total. The Balaban J connectivity index is 2.10. The van der Waals surface area contributed by atoms with Crippen LogP contribution in [0.15, 0.2) is 73.3 Å². The number of methoxy groups -OCH3 is 1. The average molecular weight is 427 g/mol. The first-order chi connectivity index (χ1) is 14.3. The lowest BCUT2D eigenvalue weighted by atomic mass is 9.92. The van der Waals surface area contributed by atoms with Gasteiger partial charge < -0.3 is 19.0 Å². The molecule has 0 amide bonds. The molecule has 2 aromatic rings. The first kappa shape index (κ1) is 22.9. The number of rotatable bonds is 8. The second kappa shape index (κ2) is 9.16. The molecule has 1 aliphatic heterocycles. The normalized spacial score (nSPS) is 24.7. The van der Waals surface area contributed by atoms with E-state index in [1.54, 1.807) is 7.11 Å². The predicted molar refractivity (Wildman–Crippen MR) is 124 cm³/mol. The van der Waals surface area contributed by atoms with Crippen LogP contribution in [0.25, 0.3) is 0 Å². The number of ether oxygens (including phenoxy) is 2. The van der Waals surface area contributed by atoms with E-state index in [2.05, 4.69) is 75.9 Å². The summed E-state index contributed by atoms with van der Waals surface area (Å²) < 4.78 is 18.9. The molecule has 1 saturated heterocycles. The lowest BCUT2D eigenvalue weighted by Gasteiger charge is -2.45. The van der Waals surface area contributed by atoms with Gasteiger partial charge in [-0.2, -0.15) is 0 Å². The number of hydrogen-bond acceptors (Lipinski definition) is 4. The number of benzene rings is 2. The Morgan fingerprint density at radius 2 is 1.63 bits per heavy atom. The smallest absolute Gasteiger partial charge is 0.261 e. The largest absolute Gasteiger partial charge is 0.404 e. The molecule has 0 aliphatic carbocycles. The summed E-state index contributed by atoms with van der Waals surface area (Å²) in [5.41, 5.74) is -0.761. The third-order valence-electron chi connectivity index (χ3n) is 6.10. The van der Waals surface area contributed by atoms with Crippen LogP contribution in [0.2, 0.25) is 5.04 Å². The standard InChI is InChI=1S/C25H34O4Si/c1-6-17-25(23(27-5)22(26)18-28-25)19-29-30(24(2,3)4,20-13-9-7-10-14-20)21-15-11-8-12-16-21/h6-16,22-23,26H,1,17-19H2,2-5H3/t22-,23-,25+/m0/s1. The van der Waals surface area contributed by atoms with Gasteiger partial charge in [-0.05, 0) is 21.8 Å². The summed E-state index contributed by atoms with van der Waals surface area (Å²) in [6.07, 6.45) is 1.21. The zero-order valence-corrected chi connectivity index (χ0v) is 19.5. The van der Waals surface area contributed by atoms with Crippen molar-refractivity contribution in [3.8, 4) is 0 Å². The topological polar surface area (TPSA) is 47.9 Å². The van der Waals surface area contributed by atoms with E-state index >= 15 is 0 Å². The second-order valence-corrected chi connectivity index (χ2v) is 13.3. The molecule has 162 valence electrons. The minimum atomic E-state index is -2.71. The van der Waals surface area contributed by atoms with Gasteiger partial charge >= 0.3 is 0 Å². The van der Waals surface area contributed by atoms with Crippen LogP contribution in [0.5, 0.6) is 0 Å². The Bertz CT molecular complexity index is 779. The van der Waals surface area contributed by atoms with Crippen molar-refractivity contribution in [3.63, 3.8) is 0 Å². The fourth-order valence-electron chi connectivity index (χ4n) is 4.74. The molecule has 3 rings (SSSR count). The van der Waals surface area contributed by atoms with Crippen molar-refractivity contribution in [2.24, 2.45) is 0 Å². The maximum atomic E-state index is 10.4. The fourth-order valence-corrected chi connectivity index (χ4v) is 9.35. The van der Waals surface area contributed by atoms with E-state index in [0.717, 1.165) is 0 Å². The van der Waals surface area contributed by atoms with E-state index in [1.807, 2.05) is 18.2 Å². The minimum absolute atomic E-state index is 0.134. The first-order valence-electron chi connectivity index (χ1n) is 10.5. The van der Waals surface area contributed by atoms with E-state index in [1.165, 1.54) is 10.4 Å². The van der Waals surface area contributed by atoms with Gasteiger partial charge in [0, 0.05) is 7.11 Å². The summed E-state index contributed by atoms with van der Waals surface area (Å²) in [6, 6.07) is 21.0. The molecule has 1 fully saturated rings. The van der Waals surface area contributed by atoms with E-state index in [4.69, 9.17) is 13.9 Å². The van der Waals surface area contributed by atoms with E-state index in [0.29, 0.717) is 13.0 Å². The van der Waals surface area contributed by atoms with Crippen LogP contribution >= 0.6 is 0 Å². The summed E-state index contributed by atoms with van der Waals surface area (Å²) in [5.74, 6) is 0. The number of hydrogen-bond donors (Lipinski definition) is 1. The lowest BCUT2D eigenvalue weighted by Crippen LogP contribution is -2.68. The maximum Gasteiger partial charge on any atom is 0.261 e. The molecule has 0 radical (unpaired) electrons.